The summed E-state index contributed by atoms with van der Waals surface area (Å²) in [6.07, 6.45) is -18.6. The molecule has 5 nitrogen and oxygen atoms in total. The Morgan fingerprint density at radius 2 is 1.22 bits per heavy atom. The highest BCUT2D eigenvalue weighted by Gasteiger charge is 2.44. The summed E-state index contributed by atoms with van der Waals surface area (Å²) in [4.78, 5) is 16.8. The highest BCUT2D eigenvalue weighted by Crippen LogP contribution is 2.43. The fraction of sp³-hybridized carbons (Fsp3) is 0.486. The van der Waals surface area contributed by atoms with E-state index in [9.17, 15) is 57.5 Å². The molecule has 5 unspecified atom stereocenters. The number of rotatable bonds is 5. The van der Waals surface area contributed by atoms with Gasteiger partial charge < -0.3 is 20.4 Å². The number of aryl methyl sites for hydroxylation is 1. The number of likely N-dealkylation sites (tertiary alicyclic amines) is 1. The van der Waals surface area contributed by atoms with Crippen LogP contribution in [0, 0.1) is 18.8 Å². The fourth-order valence-corrected chi connectivity index (χ4v) is 6.81. The van der Waals surface area contributed by atoms with Gasteiger partial charge >= 0.3 is 30.7 Å². The lowest BCUT2D eigenvalue weighted by molar-refractivity contribution is -0.144. The van der Waals surface area contributed by atoms with E-state index < -0.39 is 65.1 Å². The standard InChI is InChI=1S/C26H29F6N3O.C11H10F6N/c1-15-6-4-5-7-22(15)23-19-8-17(12-33-13-19)14-35(23)24(36)34(3)16(2)18-9-20(25(27,28)29)11-21(10-18)26(30,31)32;1-6(18-2)7-3-8(10(12,13)14)5-9(4-7)11(15,16)17/h4-7,9-11,16-17,19,23,33H,8,12-14H2,1-3H3;3-6H,1-2H3/q;-1. The molecular weight excluding hydrogens is 744 g/mol. The molecule has 1 N–H and O–H groups in total. The number of hydrogen-bond donors (Lipinski definition) is 1. The summed E-state index contributed by atoms with van der Waals surface area (Å²) in [5, 5.41) is 7.09. The summed E-state index contributed by atoms with van der Waals surface area (Å²) in [7, 11) is 2.76. The first-order valence-electron chi connectivity index (χ1n) is 16.8. The van der Waals surface area contributed by atoms with Gasteiger partial charge in [-0.1, -0.05) is 36.8 Å². The van der Waals surface area contributed by atoms with Crippen LogP contribution < -0.4 is 5.32 Å². The first-order chi connectivity index (χ1) is 24.8. The summed E-state index contributed by atoms with van der Waals surface area (Å²) in [6.45, 7) is 6.77. The largest absolute Gasteiger partial charge is 0.659 e. The topological polar surface area (TPSA) is 49.7 Å². The van der Waals surface area contributed by atoms with Crippen molar-refractivity contribution in [1.29, 1.82) is 0 Å². The molecule has 0 saturated carbocycles. The molecule has 0 spiro atoms. The van der Waals surface area contributed by atoms with Crippen molar-refractivity contribution in [2.45, 2.75) is 70.0 Å². The van der Waals surface area contributed by atoms with Crippen molar-refractivity contribution in [1.82, 2.24) is 15.1 Å². The maximum atomic E-state index is 13.8. The number of amides is 2. The van der Waals surface area contributed by atoms with Gasteiger partial charge in [0, 0.05) is 20.1 Å². The van der Waals surface area contributed by atoms with Gasteiger partial charge in [0.2, 0.25) is 0 Å². The zero-order valence-electron chi connectivity index (χ0n) is 29.8. The zero-order valence-corrected chi connectivity index (χ0v) is 29.8. The smallest absolute Gasteiger partial charge is 0.416 e. The maximum Gasteiger partial charge on any atom is 0.416 e. The van der Waals surface area contributed by atoms with E-state index in [1.807, 2.05) is 31.2 Å². The van der Waals surface area contributed by atoms with Crippen molar-refractivity contribution >= 4 is 6.03 Å². The molecule has 2 fully saturated rings. The van der Waals surface area contributed by atoms with Crippen LogP contribution in [0.3, 0.4) is 0 Å². The number of alkyl halides is 12. The van der Waals surface area contributed by atoms with Crippen LogP contribution >= 0.6 is 0 Å². The minimum atomic E-state index is -4.95. The number of hydrogen-bond acceptors (Lipinski definition) is 2. The Morgan fingerprint density at radius 3 is 1.67 bits per heavy atom. The summed E-state index contributed by atoms with van der Waals surface area (Å²) in [6, 6.07) is 8.31. The van der Waals surface area contributed by atoms with E-state index in [2.05, 4.69) is 10.6 Å². The predicted octanol–water partition coefficient (Wildman–Crippen LogP) is 11.2. The number of fused-ring (bicyclic) bond motifs is 2. The number of nitrogens with one attached hydrogen (secondary N) is 1. The van der Waals surface area contributed by atoms with Gasteiger partial charge in [0.15, 0.2) is 0 Å². The Hall–Kier alpha value is -3.99. The summed E-state index contributed by atoms with van der Waals surface area (Å²) in [5.74, 6) is 0.374. The van der Waals surface area contributed by atoms with Gasteiger partial charge in [-0.15, -0.1) is 6.04 Å². The second-order valence-electron chi connectivity index (χ2n) is 13.7. The van der Waals surface area contributed by atoms with Crippen molar-refractivity contribution in [3.05, 3.63) is 110 Å². The van der Waals surface area contributed by atoms with Crippen LogP contribution in [0.25, 0.3) is 5.32 Å². The molecule has 0 aromatic heterocycles. The number of nitrogens with zero attached hydrogens (tertiary/aromatic N) is 3. The minimum Gasteiger partial charge on any atom is -0.659 e. The van der Waals surface area contributed by atoms with Gasteiger partial charge in [-0.05, 0) is 91.7 Å². The van der Waals surface area contributed by atoms with Crippen LogP contribution in [0.5, 0.6) is 0 Å². The van der Waals surface area contributed by atoms with Crippen LogP contribution in [0.4, 0.5) is 57.5 Å². The number of piperidine rings is 2. The monoisotopic (exact) mass is 783 g/mol. The quantitative estimate of drug-likeness (QED) is 0.262. The van der Waals surface area contributed by atoms with Crippen molar-refractivity contribution in [2.24, 2.45) is 11.8 Å². The normalized spacial score (nSPS) is 20.5. The van der Waals surface area contributed by atoms with E-state index >= 15 is 0 Å². The van der Waals surface area contributed by atoms with Gasteiger partial charge in [-0.3, -0.25) is 0 Å². The second kappa shape index (κ2) is 16.0. The molecule has 298 valence electrons. The number of carbonyl (C=O) groups excluding carboxylic acids is 1. The van der Waals surface area contributed by atoms with Gasteiger partial charge in [0.05, 0.1) is 34.3 Å². The third-order valence-electron chi connectivity index (χ3n) is 9.92. The van der Waals surface area contributed by atoms with Crippen molar-refractivity contribution in [2.75, 3.05) is 33.7 Å². The Labute approximate surface area is 304 Å². The van der Waals surface area contributed by atoms with E-state index in [4.69, 9.17) is 0 Å². The molecule has 0 aliphatic carbocycles. The molecule has 5 atom stereocenters. The van der Waals surface area contributed by atoms with Crippen LogP contribution in [0.15, 0.2) is 60.7 Å². The number of benzene rings is 3. The molecule has 2 saturated heterocycles. The molecule has 3 aromatic carbocycles. The summed E-state index contributed by atoms with van der Waals surface area (Å²) in [5.41, 5.74) is -3.73. The molecule has 2 aliphatic heterocycles. The average molecular weight is 784 g/mol. The van der Waals surface area contributed by atoms with Gasteiger partial charge in [0.25, 0.3) is 0 Å². The van der Waals surface area contributed by atoms with Crippen molar-refractivity contribution in [3.8, 4) is 0 Å². The van der Waals surface area contributed by atoms with E-state index in [0.29, 0.717) is 30.8 Å². The van der Waals surface area contributed by atoms with Crippen molar-refractivity contribution < 1.29 is 57.5 Å². The molecule has 17 heteroatoms. The zero-order chi connectivity index (χ0) is 40.6. The molecule has 5 rings (SSSR count). The Balaban J connectivity index is 0.000000304. The molecule has 2 heterocycles. The molecular formula is C37H39F12N4O-. The van der Waals surface area contributed by atoms with Crippen LogP contribution in [0.2, 0.25) is 0 Å². The Morgan fingerprint density at radius 1 is 0.759 bits per heavy atom. The second-order valence-corrected chi connectivity index (χ2v) is 13.7. The fourth-order valence-electron chi connectivity index (χ4n) is 6.81. The molecule has 0 radical (unpaired) electrons. The third-order valence-corrected chi connectivity index (χ3v) is 9.92. The number of urea groups is 1. The maximum absolute atomic E-state index is 13.8. The highest BCUT2D eigenvalue weighted by molar-refractivity contribution is 5.76. The summed E-state index contributed by atoms with van der Waals surface area (Å²) < 4.78 is 155. The van der Waals surface area contributed by atoms with E-state index in [1.165, 1.54) is 32.8 Å². The lowest BCUT2D eigenvalue weighted by Gasteiger charge is -2.49. The van der Waals surface area contributed by atoms with E-state index in [-0.39, 0.29) is 41.1 Å². The predicted molar refractivity (Wildman–Crippen MR) is 177 cm³/mol. The number of halogens is 12. The van der Waals surface area contributed by atoms with Crippen LogP contribution in [-0.2, 0) is 24.7 Å². The minimum absolute atomic E-state index is 0.102. The van der Waals surface area contributed by atoms with Gasteiger partial charge in [0.1, 0.15) is 0 Å². The van der Waals surface area contributed by atoms with Gasteiger partial charge in [-0.2, -0.15) is 59.7 Å². The SMILES string of the molecule is C[N-]C(C)c1cc(C(F)(F)F)cc(C(F)(F)F)c1.Cc1ccccc1C1C2CNCC(C2)CN1C(=O)N(C)C(C)c1cc(C(F)(F)F)cc(C(F)(F)F)c1. The lowest BCUT2D eigenvalue weighted by Crippen LogP contribution is -2.56. The average Bonchev–Trinajstić information content (AvgIpc) is 3.09. The van der Waals surface area contributed by atoms with Gasteiger partial charge in [-0.25, -0.2) is 4.79 Å². The van der Waals surface area contributed by atoms with E-state index in [1.54, 1.807) is 4.90 Å². The highest BCUT2D eigenvalue weighted by atomic mass is 19.4. The Bertz CT molecular complexity index is 1700. The first kappa shape index (κ1) is 42.7. The Kier molecular flexibility index (Phi) is 12.7. The molecule has 2 aliphatic rings. The summed E-state index contributed by atoms with van der Waals surface area (Å²) >= 11 is 0. The van der Waals surface area contributed by atoms with Crippen LogP contribution in [-0.4, -0.2) is 49.6 Å². The molecule has 54 heavy (non-hydrogen) atoms. The third kappa shape index (κ3) is 10.00. The van der Waals surface area contributed by atoms with E-state index in [0.717, 1.165) is 30.6 Å². The first-order valence-corrected chi connectivity index (χ1v) is 16.8. The number of carbonyl (C=O) groups is 1. The molecule has 2 amide bonds. The van der Waals surface area contributed by atoms with Crippen LogP contribution in [0.1, 0.15) is 82.9 Å². The van der Waals surface area contributed by atoms with Crippen molar-refractivity contribution in [3.63, 3.8) is 0 Å². The lowest BCUT2D eigenvalue weighted by atomic mass is 9.76. The molecule has 3 aromatic rings. The molecule has 2 bridgehead atoms.